The normalized spacial score (nSPS) is 18.5. The third-order valence-corrected chi connectivity index (χ3v) is 23.2. The lowest BCUT2D eigenvalue weighted by molar-refractivity contribution is -0.137. The van der Waals surface area contributed by atoms with Crippen molar-refractivity contribution in [2.24, 2.45) is 50.8 Å². The number of Topliss-reactive ketones (excluding diaryl/α,β-unsaturated/α-hetero) is 3. The van der Waals surface area contributed by atoms with E-state index in [1.165, 1.54) is 39.0 Å². The number of carbonyl (C=O) groups excluding carboxylic acids is 8. The molecule has 0 bridgehead atoms. The minimum Gasteiger partial charge on any atom is -0.480 e. The van der Waals surface area contributed by atoms with Crippen LogP contribution in [0.4, 0.5) is 42.8 Å². The van der Waals surface area contributed by atoms with Gasteiger partial charge < -0.3 is 16.2 Å². The van der Waals surface area contributed by atoms with Crippen LogP contribution in [0.25, 0.3) is 22.8 Å². The van der Waals surface area contributed by atoms with E-state index in [2.05, 4.69) is 44.8 Å². The van der Waals surface area contributed by atoms with E-state index in [4.69, 9.17) is 22.4 Å². The molecule has 6 aliphatic carbocycles. The molecule has 3 aliphatic heterocycles. The maximum absolute atomic E-state index is 14.1. The van der Waals surface area contributed by atoms with Crippen LogP contribution in [0.5, 0.6) is 0 Å². The van der Waals surface area contributed by atoms with E-state index in [0.717, 1.165) is 204 Å². The number of nitrogen functional groups attached to an aromatic ring is 1. The van der Waals surface area contributed by atoms with Crippen LogP contribution in [0.15, 0.2) is 155 Å². The number of fused-ring (bicyclic) bond motifs is 3. The highest BCUT2D eigenvalue weighted by atomic mass is 35.5. The number of nitrogens with one attached hydrogen (secondary N) is 3. The molecule has 6 saturated carbocycles. The summed E-state index contributed by atoms with van der Waals surface area (Å²) >= 11 is 5.64. The number of urea groups is 3. The Labute approximate surface area is 670 Å². The number of nitrogens with zero attached hydrogens (tertiary/aromatic N) is 11. The highest BCUT2D eigenvalue weighted by Crippen LogP contribution is 2.40. The molecule has 6 fully saturated rings. The Kier molecular flexibility index (Phi) is 27.3. The molecule has 16 rings (SSSR count). The zero-order chi connectivity index (χ0) is 80.5. The van der Waals surface area contributed by atoms with Crippen molar-refractivity contribution in [1.82, 2.24) is 35.3 Å². The molecule has 0 unspecified atom stereocenters. The van der Waals surface area contributed by atoms with Crippen LogP contribution in [0.1, 0.15) is 190 Å². The quantitative estimate of drug-likeness (QED) is 0.0329. The van der Waals surface area contributed by atoms with Crippen LogP contribution in [0.2, 0.25) is 0 Å². The number of aliphatic carboxylic acids is 1. The predicted octanol–water partition coefficient (Wildman–Crippen LogP) is 14.4. The van der Waals surface area contributed by atoms with Crippen LogP contribution < -0.4 is 37.3 Å². The molecule has 6 N–H and O–H groups in total. The van der Waals surface area contributed by atoms with Gasteiger partial charge in [0, 0.05) is 74.7 Å². The van der Waals surface area contributed by atoms with Crippen molar-refractivity contribution in [3.63, 3.8) is 0 Å². The largest absolute Gasteiger partial charge is 0.480 e. The van der Waals surface area contributed by atoms with E-state index in [9.17, 15) is 57.8 Å². The van der Waals surface area contributed by atoms with E-state index in [1.807, 2.05) is 72.8 Å². The number of rotatable bonds is 21. The minimum atomic E-state index is -1.12. The van der Waals surface area contributed by atoms with E-state index >= 15 is 0 Å². The number of ketones is 3. The van der Waals surface area contributed by atoms with E-state index < -0.39 is 53.3 Å². The van der Waals surface area contributed by atoms with Crippen molar-refractivity contribution in [2.45, 2.75) is 173 Å². The van der Waals surface area contributed by atoms with Crippen molar-refractivity contribution in [2.75, 3.05) is 65.0 Å². The molecule has 0 spiro atoms. The number of H-pyrrole nitrogens is 2. The minimum absolute atomic E-state index is 0.000949. The molecule has 0 atom stereocenters. The summed E-state index contributed by atoms with van der Waals surface area (Å²) in [5.41, 5.74) is 14.9. The van der Waals surface area contributed by atoms with Gasteiger partial charge in [0.15, 0.2) is 29.0 Å². The van der Waals surface area contributed by atoms with Crippen molar-refractivity contribution in [1.29, 1.82) is 0 Å². The molecular weight excluding hydrogens is 1490 g/mol. The van der Waals surface area contributed by atoms with E-state index in [0.29, 0.717) is 39.8 Å². The fourth-order valence-corrected chi connectivity index (χ4v) is 17.4. The fraction of sp³-hybridized carbons (Fsp3) is 0.459. The number of para-hydroxylation sites is 3. The Balaban J connectivity index is 0.000000141. The van der Waals surface area contributed by atoms with Crippen molar-refractivity contribution in [3.05, 3.63) is 159 Å². The van der Waals surface area contributed by atoms with Gasteiger partial charge in [-0.3, -0.25) is 62.5 Å². The maximum Gasteiger partial charge on any atom is 0.439 e. The molecule has 5 heterocycles. The smallest absolute Gasteiger partial charge is 0.439 e. The van der Waals surface area contributed by atoms with Gasteiger partial charge in [0.1, 0.15) is 19.6 Å². The van der Waals surface area contributed by atoms with Crippen LogP contribution in [0, 0.1) is 35.5 Å². The van der Waals surface area contributed by atoms with E-state index in [1.54, 1.807) is 48.5 Å². The lowest BCUT2D eigenvalue weighted by Gasteiger charge is -2.26. The van der Waals surface area contributed by atoms with Crippen molar-refractivity contribution in [3.8, 4) is 22.8 Å². The lowest BCUT2D eigenvalue weighted by atomic mass is 9.83. The molecule has 2 aromatic heterocycles. The summed E-state index contributed by atoms with van der Waals surface area (Å²) < 4.78 is 8.94. The van der Waals surface area contributed by atoms with Crippen LogP contribution in [0.3, 0.4) is 0 Å². The number of nitrogens with two attached hydrogens (primary N) is 1. The zero-order valence-corrected chi connectivity index (χ0v) is 65.2. The third-order valence-electron chi connectivity index (χ3n) is 23.1. The SMILES string of the molecule is Nc1cccc(-c2noc(=O)[nH]2)c1.O=C(CN1N=C(C2CCCCC2)c2ccccc2N(CC(=O)C2CCCC2)C1=O)Nc1cccc(-c2noc(=O)[nH]2)c1.O=C(Cl)CN1N=C(C2CCCCC2)c2ccccc2N(CC(=O)C2CCCC2)C1=O.O=C(O)CN1N=C(C2CCCCC2)c2ccccc2N(CC(=O)C2CCCC2)C1=O. The molecule has 115 heavy (non-hydrogen) atoms. The Morgan fingerprint density at radius 3 is 1.10 bits per heavy atom. The summed E-state index contributed by atoms with van der Waals surface area (Å²) in [6.07, 6.45) is 27.5. The molecule has 0 radical (unpaired) electrons. The molecule has 7 aromatic rings. The number of carbonyl (C=O) groups is 9. The number of carboxylic acid groups (broad SMARTS) is 1. The molecule has 0 saturated heterocycles. The number of hydrazone groups is 3. The number of carboxylic acids is 1. The fourth-order valence-electron chi connectivity index (χ4n) is 17.3. The van der Waals surface area contributed by atoms with Gasteiger partial charge in [-0.05, 0) is 131 Å². The number of halogens is 1. The summed E-state index contributed by atoms with van der Waals surface area (Å²) in [7, 11) is 0. The van der Waals surface area contributed by atoms with Gasteiger partial charge >= 0.3 is 35.6 Å². The van der Waals surface area contributed by atoms with Gasteiger partial charge in [-0.2, -0.15) is 15.3 Å². The number of amides is 7. The zero-order valence-electron chi connectivity index (χ0n) is 64.5. The number of aromatic nitrogens is 4. The summed E-state index contributed by atoms with van der Waals surface area (Å²) in [5.74, 6) is -1.50. The average Bonchev–Trinajstić information content (AvgIpc) is 1.66. The molecular formula is C85H98ClN15O14. The van der Waals surface area contributed by atoms with Crippen LogP contribution in [-0.4, -0.2) is 149 Å². The summed E-state index contributed by atoms with van der Waals surface area (Å²) in [6.45, 7) is -1.24. The molecule has 30 heteroatoms. The second kappa shape index (κ2) is 38.6. The first-order valence-electron chi connectivity index (χ1n) is 40.5. The number of benzene rings is 5. The Morgan fingerprint density at radius 1 is 0.417 bits per heavy atom. The summed E-state index contributed by atoms with van der Waals surface area (Å²) in [6, 6.07) is 35.1. The van der Waals surface area contributed by atoms with Gasteiger partial charge in [0.25, 0.3) is 0 Å². The van der Waals surface area contributed by atoms with Gasteiger partial charge in [0.2, 0.25) is 11.1 Å². The number of anilines is 5. The van der Waals surface area contributed by atoms with Crippen molar-refractivity contribution < 1.29 is 57.3 Å². The average molecular weight is 1590 g/mol. The molecule has 9 aliphatic rings. The van der Waals surface area contributed by atoms with Crippen LogP contribution in [-0.2, 0) is 28.8 Å². The Bertz CT molecular complexity index is 4770. The first kappa shape index (κ1) is 81.5. The van der Waals surface area contributed by atoms with Gasteiger partial charge in [0.05, 0.1) is 53.8 Å². The summed E-state index contributed by atoms with van der Waals surface area (Å²) in [4.78, 5) is 148. The predicted molar refractivity (Wildman–Crippen MR) is 435 cm³/mol. The molecule has 604 valence electrons. The second-order valence-electron chi connectivity index (χ2n) is 31.0. The first-order chi connectivity index (χ1) is 55.8. The number of hydrogen-bond donors (Lipinski definition) is 5. The Morgan fingerprint density at radius 2 is 0.757 bits per heavy atom. The maximum atomic E-state index is 14.1. The topological polar surface area (TPSA) is 386 Å². The standard InChI is InChI=1S/C31H34N6O5.C23H28ClN3O3.C23H29N3O4.C8H7N3O2/c38-26(20-9-4-5-10-20)18-36-25-16-7-6-15-24(25)28(21-11-2-1-3-12-21)34-37(31(36)41)19-27(39)32-23-14-8-13-22(17-23)29-33-30(40)42-35-29;24-21(29)15-27-23(30)26(14-20(28)16-8-4-5-9-16)19-13-7-6-12-18(19)22(25-27)17-10-2-1-3-11-17;27-20(16-8-4-5-9-16)14-25-19-13-7-6-12-18(19)22(17-10-2-1-3-11-17)24-26(23(25)30)15-21(28)29;9-6-3-1-2-5(4-6)7-10-8(12)13-11-7/h6-8,13-17,20-21H,1-5,9-12,18-19H2,(H,32,39)(H,33,35,40);6-7,12-13,16-17H,1-5,8-11,14-15H2;6-7,12-13,16-17H,1-5,8-11,14-15H2,(H,28,29);1-4H,9H2,(H,10,11,12). The lowest BCUT2D eigenvalue weighted by Crippen LogP contribution is -2.46. The first-order valence-corrected chi connectivity index (χ1v) is 40.9. The number of aromatic amines is 2. The van der Waals surface area contributed by atoms with Gasteiger partial charge in [-0.15, -0.1) is 0 Å². The number of hydrogen-bond acceptors (Lipinski definition) is 19. The highest BCUT2D eigenvalue weighted by molar-refractivity contribution is 6.64. The second-order valence-corrected chi connectivity index (χ2v) is 31.4. The molecule has 29 nitrogen and oxygen atoms in total. The molecule has 5 aromatic carbocycles. The van der Waals surface area contributed by atoms with Gasteiger partial charge in [-0.25, -0.2) is 39.0 Å². The Hall–Kier alpha value is -11.5. The monoisotopic (exact) mass is 1590 g/mol. The molecule has 7 amide bonds. The third kappa shape index (κ3) is 20.5. The van der Waals surface area contributed by atoms with E-state index in [-0.39, 0.29) is 91.4 Å². The van der Waals surface area contributed by atoms with Crippen LogP contribution >= 0.6 is 11.6 Å². The summed E-state index contributed by atoms with van der Waals surface area (Å²) in [5, 5.41) is 36.3. The highest BCUT2D eigenvalue weighted by Gasteiger charge is 2.41. The van der Waals surface area contributed by atoms with Crippen molar-refractivity contribution >= 4 is 110 Å². The van der Waals surface area contributed by atoms with Gasteiger partial charge in [-0.1, -0.05) is 185 Å².